The zero-order chi connectivity index (χ0) is 14.9. The van der Waals surface area contributed by atoms with Gasteiger partial charge in [0.05, 0.1) is 10.2 Å². The summed E-state index contributed by atoms with van der Waals surface area (Å²) in [5.74, 6) is 0. The second-order valence-corrected chi connectivity index (χ2v) is 7.19. The fourth-order valence-electron chi connectivity index (χ4n) is 2.24. The Morgan fingerprint density at radius 2 is 2.24 bits per heavy atom. The molecular weight excluding hydrogens is 300 g/mol. The first-order chi connectivity index (χ1) is 10.1. The average molecular weight is 318 g/mol. The minimum Gasteiger partial charge on any atom is -0.384 e. The van der Waals surface area contributed by atoms with Gasteiger partial charge in [-0.2, -0.15) is 11.3 Å². The van der Waals surface area contributed by atoms with Crippen LogP contribution in [0.25, 0.3) is 10.2 Å². The van der Waals surface area contributed by atoms with E-state index in [1.54, 1.807) is 22.7 Å². The van der Waals surface area contributed by atoms with Gasteiger partial charge in [-0.05, 0) is 59.3 Å². The summed E-state index contributed by atoms with van der Waals surface area (Å²) in [5, 5.41) is 20.0. The molecule has 0 aliphatic carbocycles. The topological polar surface area (TPSA) is 45.1 Å². The Labute approximate surface area is 132 Å². The van der Waals surface area contributed by atoms with Crippen molar-refractivity contribution >= 4 is 32.9 Å². The minimum absolute atomic E-state index is 0.147. The van der Waals surface area contributed by atoms with Gasteiger partial charge >= 0.3 is 0 Å². The lowest BCUT2D eigenvalue weighted by atomic mass is 9.98. The SMILES string of the molecule is CC(NCC(C)(O)c1ccsc1)c1cnc2ccsc2c1. The summed E-state index contributed by atoms with van der Waals surface area (Å²) >= 11 is 3.31. The molecule has 0 saturated carbocycles. The number of hydrogen-bond donors (Lipinski definition) is 2. The monoisotopic (exact) mass is 318 g/mol. The summed E-state index contributed by atoms with van der Waals surface area (Å²) in [5.41, 5.74) is 2.29. The fraction of sp³-hybridized carbons (Fsp3) is 0.312. The highest BCUT2D eigenvalue weighted by molar-refractivity contribution is 7.17. The Balaban J connectivity index is 1.69. The lowest BCUT2D eigenvalue weighted by Gasteiger charge is -2.25. The van der Waals surface area contributed by atoms with Gasteiger partial charge < -0.3 is 10.4 Å². The summed E-state index contributed by atoms with van der Waals surface area (Å²) in [6, 6.07) is 6.32. The van der Waals surface area contributed by atoms with Crippen molar-refractivity contribution in [3.8, 4) is 0 Å². The highest BCUT2D eigenvalue weighted by Gasteiger charge is 2.24. The summed E-state index contributed by atoms with van der Waals surface area (Å²) < 4.78 is 1.20. The van der Waals surface area contributed by atoms with Crippen LogP contribution in [0.5, 0.6) is 0 Å². The van der Waals surface area contributed by atoms with Gasteiger partial charge in [-0.15, -0.1) is 11.3 Å². The molecule has 2 unspecified atom stereocenters. The number of aromatic nitrogens is 1. The van der Waals surface area contributed by atoms with Gasteiger partial charge in [0.1, 0.15) is 5.60 Å². The molecule has 3 aromatic heterocycles. The summed E-state index contributed by atoms with van der Waals surface area (Å²) in [6.07, 6.45) is 1.91. The molecule has 2 N–H and O–H groups in total. The van der Waals surface area contributed by atoms with E-state index in [1.807, 2.05) is 36.0 Å². The van der Waals surface area contributed by atoms with E-state index >= 15 is 0 Å². The van der Waals surface area contributed by atoms with Crippen molar-refractivity contribution in [1.29, 1.82) is 0 Å². The van der Waals surface area contributed by atoms with E-state index in [1.165, 1.54) is 4.70 Å². The summed E-state index contributed by atoms with van der Waals surface area (Å²) in [4.78, 5) is 4.47. The van der Waals surface area contributed by atoms with Crippen molar-refractivity contribution in [2.45, 2.75) is 25.5 Å². The molecule has 0 spiro atoms. The number of rotatable bonds is 5. The van der Waals surface area contributed by atoms with Crippen LogP contribution in [0, 0.1) is 0 Å². The van der Waals surface area contributed by atoms with Gasteiger partial charge in [-0.1, -0.05) is 0 Å². The summed E-state index contributed by atoms with van der Waals surface area (Å²) in [7, 11) is 0. The number of hydrogen-bond acceptors (Lipinski definition) is 5. The molecule has 2 atom stereocenters. The number of nitrogens with one attached hydrogen (secondary N) is 1. The molecule has 0 fully saturated rings. The minimum atomic E-state index is -0.852. The Morgan fingerprint density at radius 1 is 1.38 bits per heavy atom. The van der Waals surface area contributed by atoms with E-state index in [9.17, 15) is 5.11 Å². The summed E-state index contributed by atoms with van der Waals surface area (Å²) in [6.45, 7) is 4.45. The van der Waals surface area contributed by atoms with Gasteiger partial charge in [0, 0.05) is 18.8 Å². The van der Waals surface area contributed by atoms with Crippen molar-refractivity contribution < 1.29 is 5.11 Å². The third kappa shape index (κ3) is 3.16. The van der Waals surface area contributed by atoms with E-state index < -0.39 is 5.60 Å². The Bertz CT molecular complexity index is 719. The van der Waals surface area contributed by atoms with Gasteiger partial charge in [-0.3, -0.25) is 4.98 Å². The highest BCUT2D eigenvalue weighted by Crippen LogP contribution is 2.25. The maximum atomic E-state index is 10.5. The molecule has 21 heavy (non-hydrogen) atoms. The van der Waals surface area contributed by atoms with Gasteiger partial charge in [0.15, 0.2) is 0 Å². The van der Waals surface area contributed by atoms with Crippen LogP contribution in [0.15, 0.2) is 40.5 Å². The third-order valence-corrected chi connectivity index (χ3v) is 5.26. The molecule has 110 valence electrons. The van der Waals surface area contributed by atoms with Crippen LogP contribution in [0.2, 0.25) is 0 Å². The van der Waals surface area contributed by atoms with Gasteiger partial charge in [-0.25, -0.2) is 0 Å². The molecule has 0 radical (unpaired) electrons. The fourth-order valence-corrected chi connectivity index (χ4v) is 3.81. The maximum Gasteiger partial charge on any atom is 0.100 e. The molecule has 3 rings (SSSR count). The molecule has 3 aromatic rings. The van der Waals surface area contributed by atoms with Gasteiger partial charge in [0.25, 0.3) is 0 Å². The quantitative estimate of drug-likeness (QED) is 0.749. The molecule has 0 bridgehead atoms. The van der Waals surface area contributed by atoms with E-state index in [4.69, 9.17) is 0 Å². The third-order valence-electron chi connectivity index (χ3n) is 3.72. The molecular formula is C16H18N2OS2. The van der Waals surface area contributed by atoms with E-state index in [0.717, 1.165) is 16.6 Å². The van der Waals surface area contributed by atoms with Crippen LogP contribution in [0.3, 0.4) is 0 Å². The normalized spacial score (nSPS) is 16.0. The molecule has 0 aliphatic heterocycles. The first-order valence-electron chi connectivity index (χ1n) is 6.88. The Hall–Kier alpha value is -1.27. The van der Waals surface area contributed by atoms with Crippen molar-refractivity contribution in [1.82, 2.24) is 10.3 Å². The van der Waals surface area contributed by atoms with Crippen LogP contribution < -0.4 is 5.32 Å². The molecule has 0 aliphatic rings. The van der Waals surface area contributed by atoms with Crippen LogP contribution in [0.1, 0.15) is 31.0 Å². The first kappa shape index (κ1) is 14.7. The Morgan fingerprint density at radius 3 is 3.00 bits per heavy atom. The number of fused-ring (bicyclic) bond motifs is 1. The zero-order valence-corrected chi connectivity index (χ0v) is 13.7. The molecule has 0 amide bonds. The molecule has 3 nitrogen and oxygen atoms in total. The highest BCUT2D eigenvalue weighted by atomic mass is 32.1. The van der Waals surface area contributed by atoms with Crippen LogP contribution in [0.4, 0.5) is 0 Å². The molecule has 0 saturated heterocycles. The number of pyridine rings is 1. The van der Waals surface area contributed by atoms with Crippen molar-refractivity contribution in [2.24, 2.45) is 0 Å². The van der Waals surface area contributed by atoms with E-state index in [0.29, 0.717) is 6.54 Å². The second-order valence-electron chi connectivity index (χ2n) is 5.46. The van der Waals surface area contributed by atoms with E-state index in [-0.39, 0.29) is 6.04 Å². The predicted octanol–water partition coefficient (Wildman–Crippen LogP) is 3.92. The smallest absolute Gasteiger partial charge is 0.100 e. The largest absolute Gasteiger partial charge is 0.384 e. The predicted molar refractivity (Wildman–Crippen MR) is 89.9 cm³/mol. The van der Waals surface area contributed by atoms with Crippen LogP contribution in [-0.2, 0) is 5.60 Å². The number of aliphatic hydroxyl groups is 1. The average Bonchev–Trinajstić information content (AvgIpc) is 3.14. The lowest BCUT2D eigenvalue weighted by molar-refractivity contribution is 0.0548. The molecule has 0 aromatic carbocycles. The van der Waals surface area contributed by atoms with Crippen molar-refractivity contribution in [3.05, 3.63) is 51.7 Å². The maximum absolute atomic E-state index is 10.5. The number of nitrogens with zero attached hydrogens (tertiary/aromatic N) is 1. The lowest BCUT2D eigenvalue weighted by Crippen LogP contribution is -2.36. The van der Waals surface area contributed by atoms with Crippen LogP contribution in [-0.4, -0.2) is 16.6 Å². The Kier molecular flexibility index (Phi) is 4.08. The first-order valence-corrected chi connectivity index (χ1v) is 8.70. The van der Waals surface area contributed by atoms with Crippen LogP contribution >= 0.6 is 22.7 Å². The second kappa shape index (κ2) is 5.85. The van der Waals surface area contributed by atoms with Crippen molar-refractivity contribution in [2.75, 3.05) is 6.54 Å². The number of thiophene rings is 2. The van der Waals surface area contributed by atoms with Gasteiger partial charge in [0.2, 0.25) is 0 Å². The van der Waals surface area contributed by atoms with E-state index in [2.05, 4.69) is 28.7 Å². The standard InChI is InChI=1S/C16H18N2OS2/c1-11(12-7-15-14(17-8-12)4-6-21-15)18-10-16(2,19)13-3-5-20-9-13/h3-9,11,18-19H,10H2,1-2H3. The molecule has 5 heteroatoms. The molecule has 3 heterocycles. The van der Waals surface area contributed by atoms with Crippen molar-refractivity contribution in [3.63, 3.8) is 0 Å². The zero-order valence-electron chi connectivity index (χ0n) is 12.0.